The van der Waals surface area contributed by atoms with Gasteiger partial charge in [-0.1, -0.05) is 127 Å². The minimum absolute atomic E-state index is 0.620. The fourth-order valence-corrected chi connectivity index (χ4v) is 12.9. The fourth-order valence-electron chi connectivity index (χ4n) is 10.6. The normalized spacial score (nSPS) is 12.1. The van der Waals surface area contributed by atoms with Crippen molar-refractivity contribution in [2.75, 3.05) is 0 Å². The van der Waals surface area contributed by atoms with Gasteiger partial charge < -0.3 is 9.13 Å². The van der Waals surface area contributed by atoms with E-state index in [0.29, 0.717) is 17.5 Å². The van der Waals surface area contributed by atoms with Gasteiger partial charge in [0.25, 0.3) is 0 Å². The second-order valence-electron chi connectivity index (χ2n) is 17.6. The van der Waals surface area contributed by atoms with Gasteiger partial charge in [0.2, 0.25) is 0 Å². The van der Waals surface area contributed by atoms with Crippen molar-refractivity contribution in [3.8, 4) is 45.5 Å². The monoisotopic (exact) mass is 901 g/mol. The molecule has 5 heterocycles. The van der Waals surface area contributed by atoms with Crippen LogP contribution in [0.5, 0.6) is 0 Å². The van der Waals surface area contributed by atoms with Crippen molar-refractivity contribution >= 4 is 117 Å². The van der Waals surface area contributed by atoms with Crippen LogP contribution in [-0.2, 0) is 0 Å². The van der Waals surface area contributed by atoms with Gasteiger partial charge in [-0.15, -0.1) is 22.7 Å². The van der Waals surface area contributed by atoms with Crippen molar-refractivity contribution in [3.63, 3.8) is 0 Å². The molecule has 0 amide bonds. The van der Waals surface area contributed by atoms with Crippen LogP contribution in [0.15, 0.2) is 212 Å². The van der Waals surface area contributed by atoms with Gasteiger partial charge in [0.15, 0.2) is 17.5 Å². The molecule has 15 rings (SSSR count). The van der Waals surface area contributed by atoms with Crippen LogP contribution >= 0.6 is 22.7 Å². The van der Waals surface area contributed by atoms with Gasteiger partial charge in [-0.3, -0.25) is 0 Å². The topological polar surface area (TPSA) is 48.5 Å². The Balaban J connectivity index is 1.03. The summed E-state index contributed by atoms with van der Waals surface area (Å²) in [5.74, 6) is 1.87. The van der Waals surface area contributed by atoms with Gasteiger partial charge in [0.1, 0.15) is 0 Å². The van der Waals surface area contributed by atoms with E-state index in [9.17, 15) is 0 Å². The number of benzene rings is 10. The highest BCUT2D eigenvalue weighted by atomic mass is 32.1. The quantitative estimate of drug-likeness (QED) is 0.173. The standard InChI is InChI=1S/C61H35N5S2/c1-2-16-40(17-3-1)65-50-22-10-6-18-41(50)46-31-38(27-29-52(46)65)59-62-60(39-26-28-45-43-20-8-12-24-55(43)67-57(45)33-39)64-61(63-59)49-35-58-48(44-21-9-13-25-56(44)68-58)34-54(49)66-51-23-11-7-19-42(51)47-30-36-14-4-5-15-37(36)32-53(47)66/h1-35H. The number of thiophene rings is 2. The lowest BCUT2D eigenvalue weighted by molar-refractivity contribution is 1.07. The summed E-state index contributed by atoms with van der Waals surface area (Å²) in [5, 5.41) is 12.1. The van der Waals surface area contributed by atoms with Crippen LogP contribution in [0, 0.1) is 0 Å². The molecule has 0 fully saturated rings. The van der Waals surface area contributed by atoms with Crippen LogP contribution in [0.2, 0.25) is 0 Å². The highest BCUT2D eigenvalue weighted by molar-refractivity contribution is 7.26. The highest BCUT2D eigenvalue weighted by Gasteiger charge is 2.23. The predicted molar refractivity (Wildman–Crippen MR) is 288 cm³/mol. The molecule has 316 valence electrons. The van der Waals surface area contributed by atoms with E-state index < -0.39 is 0 Å². The van der Waals surface area contributed by atoms with E-state index in [1.165, 1.54) is 67.3 Å². The van der Waals surface area contributed by atoms with Crippen molar-refractivity contribution in [3.05, 3.63) is 212 Å². The van der Waals surface area contributed by atoms with Crippen molar-refractivity contribution in [2.45, 2.75) is 0 Å². The molecule has 0 saturated heterocycles. The van der Waals surface area contributed by atoms with E-state index in [0.717, 1.165) is 55.5 Å². The number of aromatic nitrogens is 5. The summed E-state index contributed by atoms with van der Waals surface area (Å²) < 4.78 is 9.68. The smallest absolute Gasteiger partial charge is 0.166 e. The van der Waals surface area contributed by atoms with E-state index in [2.05, 4.69) is 221 Å². The molecule has 0 saturated carbocycles. The summed E-state index contributed by atoms with van der Waals surface area (Å²) >= 11 is 3.62. The van der Waals surface area contributed by atoms with Crippen LogP contribution in [0.4, 0.5) is 0 Å². The number of nitrogens with zero attached hydrogens (tertiary/aromatic N) is 5. The Hall–Kier alpha value is -8.49. The summed E-state index contributed by atoms with van der Waals surface area (Å²) in [4.78, 5) is 16.5. The van der Waals surface area contributed by atoms with Crippen molar-refractivity contribution in [1.82, 2.24) is 24.1 Å². The molecule has 0 bridgehead atoms. The first-order chi connectivity index (χ1) is 33.7. The van der Waals surface area contributed by atoms with Crippen molar-refractivity contribution in [2.24, 2.45) is 0 Å². The number of para-hydroxylation sites is 3. The largest absolute Gasteiger partial charge is 0.309 e. The number of hydrogen-bond acceptors (Lipinski definition) is 5. The van der Waals surface area contributed by atoms with E-state index in [4.69, 9.17) is 15.0 Å². The maximum absolute atomic E-state index is 5.55. The highest BCUT2D eigenvalue weighted by Crippen LogP contribution is 2.44. The molecular formula is C61H35N5S2. The Morgan fingerprint density at radius 1 is 0.294 bits per heavy atom. The fraction of sp³-hybridized carbons (Fsp3) is 0. The molecule has 0 atom stereocenters. The zero-order valence-corrected chi connectivity index (χ0v) is 37.9. The lowest BCUT2D eigenvalue weighted by Gasteiger charge is -2.16. The first-order valence-corrected chi connectivity index (χ1v) is 24.5. The summed E-state index contributed by atoms with van der Waals surface area (Å²) in [6.07, 6.45) is 0. The second kappa shape index (κ2) is 14.5. The van der Waals surface area contributed by atoms with Gasteiger partial charge in [-0.05, 0) is 95.7 Å². The molecule has 10 aromatic carbocycles. The van der Waals surface area contributed by atoms with Gasteiger partial charge in [-0.25, -0.2) is 15.0 Å². The molecule has 15 aromatic rings. The molecule has 0 aliphatic rings. The summed E-state index contributed by atoms with van der Waals surface area (Å²) in [6.45, 7) is 0. The third kappa shape index (κ3) is 5.64. The molecule has 0 N–H and O–H groups in total. The first-order valence-electron chi connectivity index (χ1n) is 22.8. The average Bonchev–Trinajstić information content (AvgIpc) is 4.14. The molecular weight excluding hydrogens is 867 g/mol. The summed E-state index contributed by atoms with van der Waals surface area (Å²) in [6, 6.07) is 76.8. The van der Waals surface area contributed by atoms with Crippen LogP contribution in [-0.4, -0.2) is 24.1 Å². The second-order valence-corrected chi connectivity index (χ2v) is 19.7. The Bertz CT molecular complexity index is 4570. The SMILES string of the molecule is c1ccc(-n2c3ccccc3c3cc(-c4nc(-c5ccc6c(c5)sc5ccccc56)nc(-c5cc6sc7ccccc7c6cc5-n5c6ccccc6c6cc7ccccc7cc65)n4)ccc32)cc1. The summed E-state index contributed by atoms with van der Waals surface area (Å²) in [7, 11) is 0. The third-order valence-corrected chi connectivity index (χ3v) is 16.0. The molecule has 5 aromatic heterocycles. The predicted octanol–water partition coefficient (Wildman–Crippen LogP) is 17.0. The van der Waals surface area contributed by atoms with Crippen LogP contribution in [0.1, 0.15) is 0 Å². The third-order valence-electron chi connectivity index (χ3n) is 13.7. The van der Waals surface area contributed by atoms with Crippen molar-refractivity contribution < 1.29 is 0 Å². The van der Waals surface area contributed by atoms with E-state index in [1.54, 1.807) is 11.3 Å². The molecule has 0 spiro atoms. The maximum Gasteiger partial charge on any atom is 0.166 e. The zero-order valence-electron chi connectivity index (χ0n) is 36.3. The van der Waals surface area contributed by atoms with Gasteiger partial charge in [0, 0.05) is 84.3 Å². The van der Waals surface area contributed by atoms with Crippen molar-refractivity contribution in [1.29, 1.82) is 0 Å². The summed E-state index contributed by atoms with van der Waals surface area (Å²) in [5.41, 5.74) is 9.49. The van der Waals surface area contributed by atoms with E-state index >= 15 is 0 Å². The minimum atomic E-state index is 0.620. The lowest BCUT2D eigenvalue weighted by atomic mass is 10.0. The Morgan fingerprint density at radius 3 is 1.54 bits per heavy atom. The Labute approximate surface area is 397 Å². The molecule has 0 radical (unpaired) electrons. The van der Waals surface area contributed by atoms with Gasteiger partial charge >= 0.3 is 0 Å². The molecule has 0 aliphatic carbocycles. The molecule has 5 nitrogen and oxygen atoms in total. The molecule has 0 aliphatic heterocycles. The minimum Gasteiger partial charge on any atom is -0.309 e. The Kier molecular flexibility index (Phi) is 8.04. The number of fused-ring (bicyclic) bond motifs is 13. The van der Waals surface area contributed by atoms with Crippen LogP contribution < -0.4 is 0 Å². The zero-order chi connectivity index (χ0) is 44.5. The van der Waals surface area contributed by atoms with Crippen LogP contribution in [0.25, 0.3) is 140 Å². The lowest BCUT2D eigenvalue weighted by Crippen LogP contribution is -2.04. The number of hydrogen-bond donors (Lipinski definition) is 0. The van der Waals surface area contributed by atoms with Gasteiger partial charge in [-0.2, -0.15) is 0 Å². The maximum atomic E-state index is 5.55. The van der Waals surface area contributed by atoms with Gasteiger partial charge in [0.05, 0.1) is 27.8 Å². The van der Waals surface area contributed by atoms with Crippen LogP contribution in [0.3, 0.4) is 0 Å². The average molecular weight is 902 g/mol. The molecule has 68 heavy (non-hydrogen) atoms. The van der Waals surface area contributed by atoms with E-state index in [1.807, 2.05) is 11.3 Å². The Morgan fingerprint density at radius 2 is 0.809 bits per heavy atom. The first kappa shape index (κ1) is 37.7. The van der Waals surface area contributed by atoms with E-state index in [-0.39, 0.29) is 0 Å². The number of rotatable bonds is 5. The molecule has 7 heteroatoms. The molecule has 0 unspecified atom stereocenters.